The normalized spacial score (nSPS) is 12.6. The van der Waals surface area contributed by atoms with Crippen LogP contribution in [0.25, 0.3) is 0 Å². The van der Waals surface area contributed by atoms with E-state index >= 15 is 0 Å². The summed E-state index contributed by atoms with van der Waals surface area (Å²) in [7, 11) is 1.88. The summed E-state index contributed by atoms with van der Waals surface area (Å²) >= 11 is 0. The van der Waals surface area contributed by atoms with Crippen molar-refractivity contribution in [2.24, 2.45) is 11.8 Å². The van der Waals surface area contributed by atoms with Crippen LogP contribution in [0.3, 0.4) is 0 Å². The van der Waals surface area contributed by atoms with Crippen LogP contribution in [0.2, 0.25) is 0 Å². The van der Waals surface area contributed by atoms with E-state index in [9.17, 15) is 4.79 Å². The zero-order valence-corrected chi connectivity index (χ0v) is 12.0. The molecule has 1 atom stereocenters. The second-order valence-corrected chi connectivity index (χ2v) is 5.22. The summed E-state index contributed by atoms with van der Waals surface area (Å²) in [6, 6.07) is 6.11. The monoisotopic (exact) mass is 248 g/mol. The Balaban J connectivity index is 2.82. The molecule has 1 aromatic carbocycles. The molecule has 1 aromatic rings. The highest BCUT2D eigenvalue weighted by Gasteiger charge is 2.21. The van der Waals surface area contributed by atoms with Crippen molar-refractivity contribution in [1.29, 1.82) is 0 Å². The molecular weight excluding hydrogens is 224 g/mol. The van der Waals surface area contributed by atoms with Gasteiger partial charge in [-0.1, -0.05) is 26.0 Å². The Morgan fingerprint density at radius 1 is 1.28 bits per heavy atom. The number of nitrogens with one attached hydrogen (secondary N) is 2. The average Bonchev–Trinajstić information content (AvgIpc) is 2.30. The molecule has 0 fully saturated rings. The van der Waals surface area contributed by atoms with Crippen LogP contribution in [0.4, 0.5) is 5.69 Å². The third-order valence-electron chi connectivity index (χ3n) is 3.22. The first-order valence-corrected chi connectivity index (χ1v) is 6.48. The van der Waals surface area contributed by atoms with Crippen molar-refractivity contribution in [3.63, 3.8) is 0 Å². The van der Waals surface area contributed by atoms with Gasteiger partial charge in [0.15, 0.2) is 0 Å². The Morgan fingerprint density at radius 3 is 2.50 bits per heavy atom. The van der Waals surface area contributed by atoms with Gasteiger partial charge in [0.25, 0.3) is 0 Å². The Morgan fingerprint density at radius 2 is 1.94 bits per heavy atom. The summed E-state index contributed by atoms with van der Waals surface area (Å²) in [5.41, 5.74) is 3.17. The Kier molecular flexibility index (Phi) is 5.35. The molecule has 1 rings (SSSR count). The van der Waals surface area contributed by atoms with Crippen molar-refractivity contribution < 1.29 is 4.79 Å². The third-order valence-corrected chi connectivity index (χ3v) is 3.22. The number of carbonyl (C=O) groups is 1. The Labute approximate surface area is 110 Å². The molecule has 0 saturated carbocycles. The van der Waals surface area contributed by atoms with Gasteiger partial charge in [-0.05, 0) is 44.0 Å². The van der Waals surface area contributed by atoms with Crippen LogP contribution in [0.1, 0.15) is 25.0 Å². The second kappa shape index (κ2) is 6.55. The molecule has 0 aliphatic heterocycles. The van der Waals surface area contributed by atoms with Gasteiger partial charge in [0.1, 0.15) is 0 Å². The van der Waals surface area contributed by atoms with Crippen LogP contribution in [-0.2, 0) is 4.79 Å². The molecule has 0 aliphatic carbocycles. The van der Waals surface area contributed by atoms with Crippen LogP contribution in [-0.4, -0.2) is 19.5 Å². The maximum absolute atomic E-state index is 12.3. The fraction of sp³-hybridized carbons (Fsp3) is 0.533. The van der Waals surface area contributed by atoms with Crippen LogP contribution in [0, 0.1) is 25.7 Å². The van der Waals surface area contributed by atoms with Gasteiger partial charge in [0.2, 0.25) is 5.91 Å². The standard InChI is InChI=1S/C15H24N2O/c1-10(2)13(9-16-5)15(18)17-14-8-11(3)6-7-12(14)4/h6-8,10,13,16H,9H2,1-5H3,(H,17,18). The number of anilines is 1. The fourth-order valence-corrected chi connectivity index (χ4v) is 1.95. The molecule has 3 nitrogen and oxygen atoms in total. The fourth-order valence-electron chi connectivity index (χ4n) is 1.95. The molecule has 0 radical (unpaired) electrons. The molecule has 18 heavy (non-hydrogen) atoms. The van der Waals surface area contributed by atoms with Gasteiger partial charge in [-0.3, -0.25) is 4.79 Å². The molecule has 0 heterocycles. The number of hydrogen-bond acceptors (Lipinski definition) is 2. The minimum atomic E-state index is -0.00471. The molecule has 1 amide bonds. The Hall–Kier alpha value is -1.35. The molecule has 3 heteroatoms. The van der Waals surface area contributed by atoms with E-state index in [-0.39, 0.29) is 11.8 Å². The summed E-state index contributed by atoms with van der Waals surface area (Å²) in [4.78, 5) is 12.3. The minimum Gasteiger partial charge on any atom is -0.326 e. The summed E-state index contributed by atoms with van der Waals surface area (Å²) in [6.45, 7) is 8.89. The lowest BCUT2D eigenvalue weighted by Gasteiger charge is -2.20. The third kappa shape index (κ3) is 3.84. The summed E-state index contributed by atoms with van der Waals surface area (Å²) in [5.74, 6) is 0.408. The van der Waals surface area contributed by atoms with E-state index in [4.69, 9.17) is 0 Å². The minimum absolute atomic E-state index is 0.00471. The first-order valence-electron chi connectivity index (χ1n) is 6.48. The lowest BCUT2D eigenvalue weighted by molar-refractivity contribution is -0.120. The van der Waals surface area contributed by atoms with Crippen molar-refractivity contribution in [1.82, 2.24) is 5.32 Å². The van der Waals surface area contributed by atoms with Crippen molar-refractivity contribution in [3.8, 4) is 0 Å². The van der Waals surface area contributed by atoms with Gasteiger partial charge in [0.05, 0.1) is 5.92 Å². The van der Waals surface area contributed by atoms with Gasteiger partial charge in [-0.2, -0.15) is 0 Å². The number of aryl methyl sites for hydroxylation is 2. The predicted molar refractivity (Wildman–Crippen MR) is 76.8 cm³/mol. The molecular formula is C15H24N2O. The van der Waals surface area contributed by atoms with E-state index in [1.807, 2.05) is 33.0 Å². The van der Waals surface area contributed by atoms with E-state index in [2.05, 4.69) is 30.5 Å². The largest absolute Gasteiger partial charge is 0.326 e. The molecule has 0 bridgehead atoms. The van der Waals surface area contributed by atoms with Crippen molar-refractivity contribution >= 4 is 11.6 Å². The summed E-state index contributed by atoms with van der Waals surface area (Å²) in [6.07, 6.45) is 0. The molecule has 0 spiro atoms. The SMILES string of the molecule is CNCC(C(=O)Nc1cc(C)ccc1C)C(C)C. The van der Waals surface area contributed by atoms with E-state index in [1.165, 1.54) is 0 Å². The zero-order chi connectivity index (χ0) is 13.7. The van der Waals surface area contributed by atoms with Crippen molar-refractivity contribution in [3.05, 3.63) is 29.3 Å². The van der Waals surface area contributed by atoms with Crippen LogP contribution < -0.4 is 10.6 Å². The number of carbonyl (C=O) groups excluding carboxylic acids is 1. The molecule has 1 unspecified atom stereocenters. The van der Waals surface area contributed by atoms with Crippen molar-refractivity contribution in [2.45, 2.75) is 27.7 Å². The molecule has 0 aliphatic rings. The van der Waals surface area contributed by atoms with E-state index in [0.717, 1.165) is 16.8 Å². The van der Waals surface area contributed by atoms with Crippen molar-refractivity contribution in [2.75, 3.05) is 18.9 Å². The Bertz CT molecular complexity index is 413. The lowest BCUT2D eigenvalue weighted by atomic mass is 9.94. The zero-order valence-electron chi connectivity index (χ0n) is 12.0. The maximum atomic E-state index is 12.3. The van der Waals surface area contributed by atoms with E-state index in [1.54, 1.807) is 0 Å². The van der Waals surface area contributed by atoms with Gasteiger partial charge < -0.3 is 10.6 Å². The highest BCUT2D eigenvalue weighted by Crippen LogP contribution is 2.19. The first-order chi connectivity index (χ1) is 8.45. The molecule has 100 valence electrons. The molecule has 0 aromatic heterocycles. The van der Waals surface area contributed by atoms with Crippen LogP contribution in [0.5, 0.6) is 0 Å². The average molecular weight is 248 g/mol. The first kappa shape index (κ1) is 14.7. The second-order valence-electron chi connectivity index (χ2n) is 5.22. The smallest absolute Gasteiger partial charge is 0.229 e. The summed E-state index contributed by atoms with van der Waals surface area (Å²) < 4.78 is 0. The van der Waals surface area contributed by atoms with E-state index < -0.39 is 0 Å². The topological polar surface area (TPSA) is 41.1 Å². The van der Waals surface area contributed by atoms with Gasteiger partial charge in [0, 0.05) is 12.2 Å². The number of rotatable bonds is 5. The van der Waals surface area contributed by atoms with Gasteiger partial charge in [-0.15, -0.1) is 0 Å². The highest BCUT2D eigenvalue weighted by molar-refractivity contribution is 5.93. The van der Waals surface area contributed by atoms with Crippen LogP contribution >= 0.6 is 0 Å². The molecule has 2 N–H and O–H groups in total. The van der Waals surface area contributed by atoms with Gasteiger partial charge >= 0.3 is 0 Å². The van der Waals surface area contributed by atoms with E-state index in [0.29, 0.717) is 12.5 Å². The number of hydrogen-bond donors (Lipinski definition) is 2. The maximum Gasteiger partial charge on any atom is 0.229 e. The lowest BCUT2D eigenvalue weighted by Crippen LogP contribution is -2.34. The summed E-state index contributed by atoms with van der Waals surface area (Å²) in [5, 5.41) is 6.12. The van der Waals surface area contributed by atoms with Gasteiger partial charge in [-0.25, -0.2) is 0 Å². The predicted octanol–water partition coefficient (Wildman–Crippen LogP) is 2.73. The highest BCUT2D eigenvalue weighted by atomic mass is 16.1. The van der Waals surface area contributed by atoms with Crippen LogP contribution in [0.15, 0.2) is 18.2 Å². The number of amides is 1. The quantitative estimate of drug-likeness (QED) is 0.841. The molecule has 0 saturated heterocycles. The number of benzene rings is 1.